The van der Waals surface area contributed by atoms with Gasteiger partial charge in [-0.2, -0.15) is 52.7 Å². The molecule has 0 aliphatic carbocycles. The van der Waals surface area contributed by atoms with Gasteiger partial charge in [-0.3, -0.25) is 19.8 Å². The molecule has 13 nitrogen and oxygen atoms in total. The molecule has 0 radical (unpaired) electrons. The van der Waals surface area contributed by atoms with Crippen molar-refractivity contribution in [2.75, 3.05) is 32.8 Å². The zero-order valence-corrected chi connectivity index (χ0v) is 25.9. The van der Waals surface area contributed by atoms with Gasteiger partial charge in [0.1, 0.15) is 0 Å². The monoisotopic (exact) mass is 780 g/mol. The highest BCUT2D eigenvalue weighted by Gasteiger charge is 2.40. The van der Waals surface area contributed by atoms with Gasteiger partial charge in [0.2, 0.25) is 0 Å². The average Bonchev–Trinajstić information content (AvgIpc) is 3.27. The Bertz CT molecular complexity index is 1300. The number of nitrogens with zero attached hydrogens (tertiary/aromatic N) is 4. The van der Waals surface area contributed by atoms with Crippen LogP contribution >= 0.6 is 0 Å². The van der Waals surface area contributed by atoms with E-state index in [0.29, 0.717) is 12.0 Å². The van der Waals surface area contributed by atoms with Gasteiger partial charge in [-0.1, -0.05) is 6.07 Å². The predicted molar refractivity (Wildman–Crippen MR) is 147 cm³/mol. The number of alkyl halides is 12. The number of hydrogen-bond acceptors (Lipinski definition) is 9. The number of carboxylic acids is 4. The number of hydrogen-bond donors (Lipinski definition) is 4. The highest BCUT2D eigenvalue weighted by Crippen LogP contribution is 2.26. The third kappa shape index (κ3) is 20.8. The highest BCUT2D eigenvalue weighted by molar-refractivity contribution is 5.74. The minimum Gasteiger partial charge on any atom is -0.475 e. The topological polar surface area (TPSA) is 191 Å². The molecule has 2 aromatic rings. The lowest BCUT2D eigenvalue weighted by Gasteiger charge is -2.23. The van der Waals surface area contributed by atoms with Crippen molar-refractivity contribution in [1.29, 1.82) is 0 Å². The maximum absolute atomic E-state index is 10.6. The maximum Gasteiger partial charge on any atom is 0.490 e. The zero-order valence-electron chi connectivity index (χ0n) is 25.9. The van der Waals surface area contributed by atoms with Crippen molar-refractivity contribution < 1.29 is 97.0 Å². The lowest BCUT2D eigenvalue weighted by Crippen LogP contribution is -2.32. The minimum absolute atomic E-state index is 0.366. The molecule has 2 aromatic heterocycles. The summed E-state index contributed by atoms with van der Waals surface area (Å²) in [5, 5.41) is 28.5. The Balaban J connectivity index is 0.000000764. The minimum atomic E-state index is -5.08. The molecule has 2 atom stereocenters. The van der Waals surface area contributed by atoms with Gasteiger partial charge < -0.3 is 25.2 Å². The molecule has 52 heavy (non-hydrogen) atoms. The number of rotatable bonds is 4. The summed E-state index contributed by atoms with van der Waals surface area (Å²) in [7, 11) is 0. The van der Waals surface area contributed by atoms with Crippen LogP contribution in [-0.4, -0.2) is 128 Å². The largest absolute Gasteiger partial charge is 0.490 e. The third-order valence-electron chi connectivity index (χ3n) is 5.94. The third-order valence-corrected chi connectivity index (χ3v) is 5.94. The highest BCUT2D eigenvalue weighted by atomic mass is 19.4. The van der Waals surface area contributed by atoms with E-state index >= 15 is 0 Å². The van der Waals surface area contributed by atoms with Gasteiger partial charge >= 0.3 is 48.6 Å². The number of carbonyl (C=O) groups is 4. The Morgan fingerprint density at radius 3 is 1.40 bits per heavy atom. The standard InChI is InChI=1S/C19H24N4O.4C2HF3O2/c1-2-17(10-21-5-1)12-22-8-9-24-19-15-23(14-18(19)13-22)11-16-3-6-20-7-4-16;4*3-2(4,5)1(6)7/h1-7,10,18-19H,8-9,11-15H2;4*(H,6,7)/t18-,19+;;;;/m0..../s1. The van der Waals surface area contributed by atoms with Gasteiger partial charge in [0.25, 0.3) is 0 Å². The van der Waals surface area contributed by atoms with Crippen LogP contribution in [0.4, 0.5) is 52.7 Å². The zero-order chi connectivity index (χ0) is 40.5. The average molecular weight is 781 g/mol. The number of carboxylic acid groups (broad SMARTS) is 4. The van der Waals surface area contributed by atoms with E-state index in [1.807, 2.05) is 30.9 Å². The van der Waals surface area contributed by atoms with Gasteiger partial charge in [0.05, 0.1) is 12.7 Å². The van der Waals surface area contributed by atoms with Crippen molar-refractivity contribution in [1.82, 2.24) is 19.8 Å². The van der Waals surface area contributed by atoms with Gasteiger partial charge in [-0.05, 0) is 29.3 Å². The Morgan fingerprint density at radius 1 is 0.615 bits per heavy atom. The first-order valence-corrected chi connectivity index (χ1v) is 13.7. The first kappa shape index (κ1) is 47.2. The molecule has 2 saturated heterocycles. The fraction of sp³-hybridized carbons (Fsp3) is 0.481. The van der Waals surface area contributed by atoms with E-state index in [0.717, 1.165) is 45.9 Å². The van der Waals surface area contributed by atoms with Crippen LogP contribution in [0.1, 0.15) is 11.1 Å². The first-order valence-electron chi connectivity index (χ1n) is 13.7. The normalized spacial score (nSPS) is 17.8. The smallest absolute Gasteiger partial charge is 0.475 e. The molecule has 0 amide bonds. The molecule has 0 saturated carbocycles. The van der Waals surface area contributed by atoms with Crippen LogP contribution in [0, 0.1) is 5.92 Å². The van der Waals surface area contributed by atoms with E-state index in [9.17, 15) is 52.7 Å². The Morgan fingerprint density at radius 2 is 1.02 bits per heavy atom. The number of ether oxygens (including phenoxy) is 1. The SMILES string of the molecule is O=C(O)C(F)(F)F.O=C(O)C(F)(F)F.O=C(O)C(F)(F)F.O=C(O)C(F)(F)F.c1cncc(CN2CCO[C@@H]3CN(Cc4ccncc4)C[C@@H]3C2)c1. The molecular formula is C27H28F12N4O9. The second-order valence-corrected chi connectivity index (χ2v) is 10.0. The lowest BCUT2D eigenvalue weighted by atomic mass is 10.1. The van der Waals surface area contributed by atoms with Gasteiger partial charge in [0, 0.05) is 70.0 Å². The van der Waals surface area contributed by atoms with E-state index in [1.165, 1.54) is 11.1 Å². The number of aliphatic carboxylic acids is 4. The second kappa shape index (κ2) is 20.9. The Labute approximate surface area is 284 Å². The van der Waals surface area contributed by atoms with Crippen LogP contribution in [0.15, 0.2) is 49.1 Å². The molecule has 2 aliphatic rings. The van der Waals surface area contributed by atoms with Crippen molar-refractivity contribution in [3.63, 3.8) is 0 Å². The number of fused-ring (bicyclic) bond motifs is 1. The molecule has 0 bridgehead atoms. The van der Waals surface area contributed by atoms with Crippen LogP contribution in [0.3, 0.4) is 0 Å². The van der Waals surface area contributed by atoms with Crippen molar-refractivity contribution in [2.45, 2.75) is 43.9 Å². The molecule has 0 unspecified atom stereocenters. The van der Waals surface area contributed by atoms with Crippen LogP contribution in [0.2, 0.25) is 0 Å². The van der Waals surface area contributed by atoms with E-state index in [1.54, 1.807) is 0 Å². The second-order valence-electron chi connectivity index (χ2n) is 10.0. The van der Waals surface area contributed by atoms with Crippen molar-refractivity contribution in [3.8, 4) is 0 Å². The van der Waals surface area contributed by atoms with Crippen LogP contribution in [0.25, 0.3) is 0 Å². The molecule has 4 heterocycles. The molecule has 25 heteroatoms. The summed E-state index contributed by atoms with van der Waals surface area (Å²) in [6, 6.07) is 8.37. The number of pyridine rings is 2. The summed E-state index contributed by atoms with van der Waals surface area (Å²) < 4.78 is 133. The van der Waals surface area contributed by atoms with Gasteiger partial charge in [-0.25, -0.2) is 19.2 Å². The first-order chi connectivity index (χ1) is 23.6. The summed E-state index contributed by atoms with van der Waals surface area (Å²) in [4.78, 5) is 48.9. The summed E-state index contributed by atoms with van der Waals surface area (Å²) in [5.74, 6) is -10.4. The quantitative estimate of drug-likeness (QED) is 0.321. The summed E-state index contributed by atoms with van der Waals surface area (Å²) in [5.41, 5.74) is 2.61. The molecule has 4 rings (SSSR count). The van der Waals surface area contributed by atoms with Crippen LogP contribution in [-0.2, 0) is 37.0 Å². The van der Waals surface area contributed by atoms with Crippen molar-refractivity contribution in [2.24, 2.45) is 5.92 Å². The fourth-order valence-electron chi connectivity index (χ4n) is 3.82. The molecule has 0 spiro atoms. The molecule has 2 aliphatic heterocycles. The number of aromatic nitrogens is 2. The maximum atomic E-state index is 10.6. The van der Waals surface area contributed by atoms with E-state index < -0.39 is 48.6 Å². The van der Waals surface area contributed by atoms with Crippen LogP contribution in [0.5, 0.6) is 0 Å². The van der Waals surface area contributed by atoms with Crippen molar-refractivity contribution in [3.05, 3.63) is 60.2 Å². The summed E-state index contributed by atoms with van der Waals surface area (Å²) >= 11 is 0. The molecule has 2 fully saturated rings. The van der Waals surface area contributed by atoms with E-state index in [2.05, 4.69) is 38.0 Å². The Hall–Kier alpha value is -4.78. The van der Waals surface area contributed by atoms with E-state index in [-0.39, 0.29) is 0 Å². The van der Waals surface area contributed by atoms with E-state index in [4.69, 9.17) is 44.3 Å². The molecule has 0 aromatic carbocycles. The van der Waals surface area contributed by atoms with Gasteiger partial charge in [0.15, 0.2) is 0 Å². The van der Waals surface area contributed by atoms with Crippen molar-refractivity contribution >= 4 is 23.9 Å². The molecular weight excluding hydrogens is 752 g/mol. The molecule has 4 N–H and O–H groups in total. The molecule has 294 valence electrons. The summed E-state index contributed by atoms with van der Waals surface area (Å²) in [6.45, 7) is 7.03. The Kier molecular flexibility index (Phi) is 19.0. The van der Waals surface area contributed by atoms with Crippen LogP contribution < -0.4 is 0 Å². The number of halogens is 12. The summed E-state index contributed by atoms with van der Waals surface area (Å²) in [6.07, 6.45) is -12.4. The van der Waals surface area contributed by atoms with Gasteiger partial charge in [-0.15, -0.1) is 0 Å². The fourth-order valence-corrected chi connectivity index (χ4v) is 3.82. The lowest BCUT2D eigenvalue weighted by molar-refractivity contribution is -0.193. The number of likely N-dealkylation sites (tertiary alicyclic amines) is 1. The predicted octanol–water partition coefficient (Wildman–Crippen LogP) is 4.34.